The summed E-state index contributed by atoms with van der Waals surface area (Å²) in [5.74, 6) is 0.0656. The van der Waals surface area contributed by atoms with Crippen molar-refractivity contribution in [1.82, 2.24) is 9.78 Å². The number of halogens is 2. The third kappa shape index (κ3) is 2.56. The Bertz CT molecular complexity index is 616. The standard InChI is InChI=1S/C13H14BrFN2O/c1-8(2)6-11-12(14)13(18)17(16-11)10-5-3-4-9(15)7-10/h3-5,7-8,16H,6H2,1-2H3. The molecule has 2 rings (SSSR count). The molecule has 18 heavy (non-hydrogen) atoms. The minimum absolute atomic E-state index is 0.198. The van der Waals surface area contributed by atoms with E-state index in [0.717, 1.165) is 12.1 Å². The van der Waals surface area contributed by atoms with Gasteiger partial charge in [0.1, 0.15) is 10.3 Å². The number of rotatable bonds is 3. The number of hydrogen-bond acceptors (Lipinski definition) is 1. The summed E-state index contributed by atoms with van der Waals surface area (Å²) < 4.78 is 15.0. The van der Waals surface area contributed by atoms with Crippen LogP contribution in [0, 0.1) is 11.7 Å². The fraction of sp³-hybridized carbons (Fsp3) is 0.308. The SMILES string of the molecule is CC(C)Cc1[nH]n(-c2cccc(F)c2)c(=O)c1Br. The van der Waals surface area contributed by atoms with E-state index in [1.807, 2.05) is 0 Å². The van der Waals surface area contributed by atoms with Gasteiger partial charge < -0.3 is 0 Å². The van der Waals surface area contributed by atoms with Crippen LogP contribution in [0.2, 0.25) is 0 Å². The zero-order chi connectivity index (χ0) is 13.3. The lowest BCUT2D eigenvalue weighted by Gasteiger charge is -2.03. The van der Waals surface area contributed by atoms with Gasteiger partial charge in [0.05, 0.1) is 11.4 Å². The number of benzene rings is 1. The van der Waals surface area contributed by atoms with E-state index in [2.05, 4.69) is 34.9 Å². The van der Waals surface area contributed by atoms with Crippen molar-refractivity contribution < 1.29 is 4.39 Å². The predicted molar refractivity (Wildman–Crippen MR) is 72.6 cm³/mol. The van der Waals surface area contributed by atoms with Crippen LogP contribution in [0.1, 0.15) is 19.5 Å². The summed E-state index contributed by atoms with van der Waals surface area (Å²) in [6, 6.07) is 5.94. The summed E-state index contributed by atoms with van der Waals surface area (Å²) in [5.41, 5.74) is 1.13. The molecule has 0 aliphatic rings. The lowest BCUT2D eigenvalue weighted by Crippen LogP contribution is -2.14. The molecule has 5 heteroatoms. The van der Waals surface area contributed by atoms with Crippen LogP contribution in [0.25, 0.3) is 5.69 Å². The van der Waals surface area contributed by atoms with Gasteiger partial charge >= 0.3 is 0 Å². The van der Waals surface area contributed by atoms with Crippen LogP contribution < -0.4 is 5.56 Å². The van der Waals surface area contributed by atoms with E-state index in [1.165, 1.54) is 16.8 Å². The molecule has 0 amide bonds. The molecule has 3 nitrogen and oxygen atoms in total. The molecule has 1 aromatic heterocycles. The quantitative estimate of drug-likeness (QED) is 0.928. The van der Waals surface area contributed by atoms with Gasteiger partial charge in [-0.2, -0.15) is 0 Å². The molecule has 1 N–H and O–H groups in total. The maximum atomic E-state index is 13.2. The molecule has 1 aromatic carbocycles. The van der Waals surface area contributed by atoms with Crippen LogP contribution in [0.5, 0.6) is 0 Å². The van der Waals surface area contributed by atoms with E-state index in [-0.39, 0.29) is 11.4 Å². The Labute approximate surface area is 113 Å². The largest absolute Gasteiger partial charge is 0.294 e. The van der Waals surface area contributed by atoms with Crippen LogP contribution in [-0.4, -0.2) is 9.78 Å². The summed E-state index contributed by atoms with van der Waals surface area (Å²) in [4.78, 5) is 12.0. The summed E-state index contributed by atoms with van der Waals surface area (Å²) >= 11 is 3.29. The molecule has 0 unspecified atom stereocenters. The van der Waals surface area contributed by atoms with Crippen LogP contribution in [0.4, 0.5) is 4.39 Å². The fourth-order valence-electron chi connectivity index (χ4n) is 1.80. The number of aromatic nitrogens is 2. The zero-order valence-corrected chi connectivity index (χ0v) is 11.8. The van der Waals surface area contributed by atoms with Crippen LogP contribution in [0.3, 0.4) is 0 Å². The highest BCUT2D eigenvalue weighted by Crippen LogP contribution is 2.16. The first kappa shape index (κ1) is 13.1. The van der Waals surface area contributed by atoms with Crippen molar-refractivity contribution in [3.63, 3.8) is 0 Å². The Hall–Kier alpha value is -1.36. The van der Waals surface area contributed by atoms with Crippen LogP contribution in [-0.2, 0) is 6.42 Å². The number of H-pyrrole nitrogens is 1. The molecule has 0 atom stereocenters. The summed E-state index contributed by atoms with van der Waals surface area (Å²) in [6.07, 6.45) is 0.762. The number of hydrogen-bond donors (Lipinski definition) is 1. The fourth-order valence-corrected chi connectivity index (χ4v) is 2.23. The molecule has 1 heterocycles. The molecular weight excluding hydrogens is 299 g/mol. The minimum atomic E-state index is -0.365. The number of aromatic amines is 1. The normalized spacial score (nSPS) is 11.2. The molecule has 96 valence electrons. The monoisotopic (exact) mass is 312 g/mol. The van der Waals surface area contributed by atoms with Gasteiger partial charge in [0.25, 0.3) is 5.56 Å². The van der Waals surface area contributed by atoms with Gasteiger partial charge in [0.15, 0.2) is 0 Å². The van der Waals surface area contributed by atoms with E-state index in [9.17, 15) is 9.18 Å². The predicted octanol–water partition coefficient (Wildman–Crippen LogP) is 3.27. The highest BCUT2D eigenvalue weighted by molar-refractivity contribution is 9.10. The number of nitrogens with one attached hydrogen (secondary N) is 1. The highest BCUT2D eigenvalue weighted by Gasteiger charge is 2.13. The second-order valence-electron chi connectivity index (χ2n) is 4.62. The van der Waals surface area contributed by atoms with Gasteiger partial charge in [0.2, 0.25) is 0 Å². The minimum Gasteiger partial charge on any atom is -0.294 e. The first-order valence-corrected chi connectivity index (χ1v) is 6.53. The van der Waals surface area contributed by atoms with E-state index in [1.54, 1.807) is 12.1 Å². The first-order valence-electron chi connectivity index (χ1n) is 5.74. The summed E-state index contributed by atoms with van der Waals surface area (Å²) in [5, 5.41) is 3.02. The lowest BCUT2D eigenvalue weighted by molar-refractivity contribution is 0.619. The molecule has 0 aliphatic carbocycles. The Morgan fingerprint density at radius 3 is 2.78 bits per heavy atom. The Balaban J connectivity index is 2.49. The molecule has 2 aromatic rings. The molecule has 0 saturated heterocycles. The van der Waals surface area contributed by atoms with Crippen molar-refractivity contribution in [2.24, 2.45) is 5.92 Å². The van der Waals surface area contributed by atoms with E-state index in [4.69, 9.17) is 0 Å². The maximum Gasteiger partial charge on any atom is 0.285 e. The van der Waals surface area contributed by atoms with Crippen molar-refractivity contribution in [3.05, 3.63) is 50.6 Å². The van der Waals surface area contributed by atoms with Gasteiger partial charge in [-0.3, -0.25) is 9.89 Å². The third-order valence-electron chi connectivity index (χ3n) is 2.58. The lowest BCUT2D eigenvalue weighted by atomic mass is 10.1. The van der Waals surface area contributed by atoms with Gasteiger partial charge in [-0.1, -0.05) is 19.9 Å². The van der Waals surface area contributed by atoms with E-state index in [0.29, 0.717) is 16.1 Å². The Morgan fingerprint density at radius 2 is 2.17 bits per heavy atom. The van der Waals surface area contributed by atoms with Crippen LogP contribution >= 0.6 is 15.9 Å². The molecule has 0 aliphatic heterocycles. The van der Waals surface area contributed by atoms with E-state index < -0.39 is 0 Å². The molecule has 0 fully saturated rings. The van der Waals surface area contributed by atoms with Crippen LogP contribution in [0.15, 0.2) is 33.5 Å². The maximum absolute atomic E-state index is 13.2. The van der Waals surface area contributed by atoms with Gasteiger partial charge in [0, 0.05) is 0 Å². The third-order valence-corrected chi connectivity index (χ3v) is 3.40. The topological polar surface area (TPSA) is 37.8 Å². The zero-order valence-electron chi connectivity index (χ0n) is 10.2. The van der Waals surface area contributed by atoms with Crippen molar-refractivity contribution in [2.75, 3.05) is 0 Å². The molecule has 0 spiro atoms. The van der Waals surface area contributed by atoms with Gasteiger partial charge in [-0.05, 0) is 46.5 Å². The molecule has 0 radical (unpaired) electrons. The number of nitrogens with zero attached hydrogens (tertiary/aromatic N) is 1. The second-order valence-corrected chi connectivity index (χ2v) is 5.42. The Kier molecular flexibility index (Phi) is 3.71. The summed E-state index contributed by atoms with van der Waals surface area (Å²) in [7, 11) is 0. The average Bonchev–Trinajstić information content (AvgIpc) is 2.57. The van der Waals surface area contributed by atoms with Gasteiger partial charge in [-0.15, -0.1) is 0 Å². The van der Waals surface area contributed by atoms with Crippen molar-refractivity contribution >= 4 is 15.9 Å². The molecule has 0 saturated carbocycles. The average molecular weight is 313 g/mol. The van der Waals surface area contributed by atoms with Crippen molar-refractivity contribution in [2.45, 2.75) is 20.3 Å². The van der Waals surface area contributed by atoms with Crippen molar-refractivity contribution in [3.8, 4) is 5.69 Å². The summed E-state index contributed by atoms with van der Waals surface area (Å²) in [6.45, 7) is 4.15. The smallest absolute Gasteiger partial charge is 0.285 e. The molecule has 0 bridgehead atoms. The Morgan fingerprint density at radius 1 is 1.44 bits per heavy atom. The van der Waals surface area contributed by atoms with Crippen molar-refractivity contribution in [1.29, 1.82) is 0 Å². The highest BCUT2D eigenvalue weighted by atomic mass is 79.9. The first-order chi connectivity index (χ1) is 8.49. The molecular formula is C13H14BrFN2O. The van der Waals surface area contributed by atoms with Gasteiger partial charge in [-0.25, -0.2) is 9.07 Å². The second kappa shape index (κ2) is 5.10. The van der Waals surface area contributed by atoms with E-state index >= 15 is 0 Å².